The van der Waals surface area contributed by atoms with Crippen molar-refractivity contribution in [2.75, 3.05) is 13.1 Å². The number of rotatable bonds is 5. The number of hydrogen-bond acceptors (Lipinski definition) is 2. The second kappa shape index (κ2) is 9.21. The molecular formula is C24H25ClN3O+. The fraction of sp³-hybridized carbons (Fsp3) is 0.250. The molecule has 0 aromatic heterocycles. The van der Waals surface area contributed by atoms with Crippen LogP contribution < -0.4 is 10.3 Å². The van der Waals surface area contributed by atoms with E-state index in [0.717, 1.165) is 48.4 Å². The SMILES string of the molecule is O=C(N/N=C\c1cccc2ccccc12)C1CC[NH+](Cc2ccc(Cl)cc2)CC1. The minimum absolute atomic E-state index is 0.0204. The largest absolute Gasteiger partial charge is 0.331 e. The fourth-order valence-electron chi connectivity index (χ4n) is 3.98. The third-order valence-corrected chi connectivity index (χ3v) is 5.88. The monoisotopic (exact) mass is 406 g/mol. The van der Waals surface area contributed by atoms with Crippen LogP contribution in [0, 0.1) is 5.92 Å². The summed E-state index contributed by atoms with van der Waals surface area (Å²) in [5, 5.41) is 7.28. The first-order valence-corrected chi connectivity index (χ1v) is 10.5. The summed E-state index contributed by atoms with van der Waals surface area (Å²) in [4.78, 5) is 14.0. The van der Waals surface area contributed by atoms with Crippen LogP contribution >= 0.6 is 11.6 Å². The summed E-state index contributed by atoms with van der Waals surface area (Å²) in [7, 11) is 0. The topological polar surface area (TPSA) is 45.9 Å². The first-order valence-electron chi connectivity index (χ1n) is 10.1. The maximum absolute atomic E-state index is 12.5. The Morgan fingerprint density at radius 1 is 1.03 bits per heavy atom. The van der Waals surface area contributed by atoms with Gasteiger partial charge in [-0.05, 0) is 22.9 Å². The molecule has 0 unspecified atom stereocenters. The van der Waals surface area contributed by atoms with Crippen molar-refractivity contribution in [2.45, 2.75) is 19.4 Å². The van der Waals surface area contributed by atoms with Gasteiger partial charge in [-0.1, -0.05) is 66.2 Å². The highest BCUT2D eigenvalue weighted by Crippen LogP contribution is 2.17. The van der Waals surface area contributed by atoms with E-state index in [-0.39, 0.29) is 11.8 Å². The number of nitrogens with zero attached hydrogens (tertiary/aromatic N) is 1. The first-order chi connectivity index (χ1) is 14.2. The van der Waals surface area contributed by atoms with Crippen molar-refractivity contribution in [2.24, 2.45) is 11.0 Å². The zero-order valence-electron chi connectivity index (χ0n) is 16.3. The standard InChI is InChI=1S/C24H24ClN3O/c25-22-10-8-18(9-11-22)17-28-14-12-20(13-15-28)24(29)27-26-16-21-6-3-5-19-4-1-2-7-23(19)21/h1-11,16,20H,12-15,17H2,(H,27,29)/p+1/b26-16-. The van der Waals surface area contributed by atoms with Gasteiger partial charge in [-0.15, -0.1) is 0 Å². The minimum atomic E-state index is 0.0204. The minimum Gasteiger partial charge on any atom is -0.331 e. The molecule has 0 bridgehead atoms. The Kier molecular flexibility index (Phi) is 6.23. The van der Waals surface area contributed by atoms with Gasteiger partial charge in [0.2, 0.25) is 5.91 Å². The summed E-state index contributed by atoms with van der Waals surface area (Å²) in [6.45, 7) is 2.96. The lowest BCUT2D eigenvalue weighted by atomic mass is 9.96. The molecule has 1 aliphatic rings. The quantitative estimate of drug-likeness (QED) is 0.495. The lowest BCUT2D eigenvalue weighted by Gasteiger charge is -2.28. The summed E-state index contributed by atoms with van der Waals surface area (Å²) in [5.41, 5.74) is 5.03. The van der Waals surface area contributed by atoms with Gasteiger partial charge in [0.25, 0.3) is 0 Å². The average molecular weight is 407 g/mol. The second-order valence-electron chi connectivity index (χ2n) is 7.63. The van der Waals surface area contributed by atoms with Gasteiger partial charge in [0.15, 0.2) is 0 Å². The number of amides is 1. The van der Waals surface area contributed by atoms with Crippen molar-refractivity contribution < 1.29 is 9.69 Å². The maximum Gasteiger partial charge on any atom is 0.243 e. The Hall–Kier alpha value is -2.69. The van der Waals surface area contributed by atoms with Crippen molar-refractivity contribution in [1.82, 2.24) is 5.43 Å². The smallest absolute Gasteiger partial charge is 0.243 e. The lowest BCUT2D eigenvalue weighted by Crippen LogP contribution is -3.11. The fourth-order valence-corrected chi connectivity index (χ4v) is 4.10. The van der Waals surface area contributed by atoms with Crippen LogP contribution in [0.3, 0.4) is 0 Å². The molecule has 0 saturated carbocycles. The first kappa shape index (κ1) is 19.6. The van der Waals surface area contributed by atoms with Gasteiger partial charge in [-0.25, -0.2) is 5.43 Å². The lowest BCUT2D eigenvalue weighted by molar-refractivity contribution is -0.919. The van der Waals surface area contributed by atoms with Crippen LogP contribution in [0.25, 0.3) is 10.8 Å². The molecule has 3 aromatic carbocycles. The van der Waals surface area contributed by atoms with E-state index in [0.29, 0.717) is 0 Å². The summed E-state index contributed by atoms with van der Waals surface area (Å²) in [5.74, 6) is 0.0562. The Bertz CT molecular complexity index is 1000. The van der Waals surface area contributed by atoms with E-state index in [1.54, 1.807) is 6.21 Å². The molecule has 1 saturated heterocycles. The predicted molar refractivity (Wildman–Crippen MR) is 118 cm³/mol. The molecule has 4 nitrogen and oxygen atoms in total. The molecule has 0 aliphatic carbocycles. The maximum atomic E-state index is 12.5. The van der Waals surface area contributed by atoms with Crippen LogP contribution in [0.1, 0.15) is 24.0 Å². The highest BCUT2D eigenvalue weighted by molar-refractivity contribution is 6.30. The Morgan fingerprint density at radius 2 is 1.76 bits per heavy atom. The van der Waals surface area contributed by atoms with E-state index in [4.69, 9.17) is 11.6 Å². The third-order valence-electron chi connectivity index (χ3n) is 5.63. The molecule has 29 heavy (non-hydrogen) atoms. The summed E-state index contributed by atoms with van der Waals surface area (Å²) in [6, 6.07) is 22.3. The number of piperidine rings is 1. The van der Waals surface area contributed by atoms with Crippen molar-refractivity contribution in [3.05, 3.63) is 82.9 Å². The molecule has 5 heteroatoms. The van der Waals surface area contributed by atoms with E-state index < -0.39 is 0 Å². The molecular weight excluding hydrogens is 382 g/mol. The van der Waals surface area contributed by atoms with Crippen LogP contribution in [0.2, 0.25) is 5.02 Å². The summed E-state index contributed by atoms with van der Waals surface area (Å²) in [6.07, 6.45) is 3.51. The predicted octanol–water partition coefficient (Wildman–Crippen LogP) is 3.44. The number of carbonyl (C=O) groups is 1. The van der Waals surface area contributed by atoms with Gasteiger partial charge in [0.05, 0.1) is 25.2 Å². The van der Waals surface area contributed by atoms with E-state index in [1.165, 1.54) is 15.8 Å². The van der Waals surface area contributed by atoms with Crippen LogP contribution in [-0.4, -0.2) is 25.2 Å². The van der Waals surface area contributed by atoms with Crippen LogP contribution in [0.15, 0.2) is 71.8 Å². The highest BCUT2D eigenvalue weighted by Gasteiger charge is 2.27. The number of fused-ring (bicyclic) bond motifs is 1. The van der Waals surface area contributed by atoms with E-state index in [2.05, 4.69) is 40.9 Å². The third kappa shape index (κ3) is 5.03. The molecule has 1 fully saturated rings. The van der Waals surface area contributed by atoms with Gasteiger partial charge >= 0.3 is 0 Å². The van der Waals surface area contributed by atoms with Crippen molar-refractivity contribution >= 4 is 34.5 Å². The average Bonchev–Trinajstić information content (AvgIpc) is 2.76. The van der Waals surface area contributed by atoms with E-state index in [9.17, 15) is 4.79 Å². The van der Waals surface area contributed by atoms with Gasteiger partial charge < -0.3 is 4.90 Å². The zero-order chi connectivity index (χ0) is 20.1. The second-order valence-corrected chi connectivity index (χ2v) is 8.07. The molecule has 3 aromatic rings. The van der Waals surface area contributed by atoms with Gasteiger partial charge in [0, 0.05) is 29.0 Å². The molecule has 0 atom stereocenters. The van der Waals surface area contributed by atoms with Crippen molar-refractivity contribution in [3.8, 4) is 0 Å². The summed E-state index contributed by atoms with van der Waals surface area (Å²) < 4.78 is 0. The number of halogens is 1. The van der Waals surface area contributed by atoms with E-state index >= 15 is 0 Å². The van der Waals surface area contributed by atoms with Crippen molar-refractivity contribution in [1.29, 1.82) is 0 Å². The molecule has 148 valence electrons. The molecule has 1 amide bonds. The molecule has 1 heterocycles. The Balaban J connectivity index is 1.28. The Labute approximate surface area is 176 Å². The number of hydrazone groups is 1. The van der Waals surface area contributed by atoms with Gasteiger partial charge in [-0.2, -0.15) is 5.10 Å². The molecule has 2 N–H and O–H groups in total. The molecule has 1 aliphatic heterocycles. The van der Waals surface area contributed by atoms with E-state index in [1.807, 2.05) is 36.4 Å². The zero-order valence-corrected chi connectivity index (χ0v) is 17.0. The molecule has 0 spiro atoms. The number of nitrogens with one attached hydrogen (secondary N) is 2. The van der Waals surface area contributed by atoms with Crippen LogP contribution in [0.4, 0.5) is 0 Å². The molecule has 4 rings (SSSR count). The van der Waals surface area contributed by atoms with Crippen molar-refractivity contribution in [3.63, 3.8) is 0 Å². The highest BCUT2D eigenvalue weighted by atomic mass is 35.5. The van der Waals surface area contributed by atoms with Gasteiger partial charge in [-0.3, -0.25) is 4.79 Å². The number of carbonyl (C=O) groups excluding carboxylic acids is 1. The number of benzene rings is 3. The Morgan fingerprint density at radius 3 is 2.55 bits per heavy atom. The van der Waals surface area contributed by atoms with Crippen LogP contribution in [-0.2, 0) is 11.3 Å². The molecule has 0 radical (unpaired) electrons. The van der Waals surface area contributed by atoms with Gasteiger partial charge in [0.1, 0.15) is 6.54 Å². The normalized spacial score (nSPS) is 19.5. The summed E-state index contributed by atoms with van der Waals surface area (Å²) >= 11 is 5.96. The number of quaternary nitrogens is 1. The number of hydrogen-bond donors (Lipinski definition) is 2. The number of likely N-dealkylation sites (tertiary alicyclic amines) is 1. The van der Waals surface area contributed by atoms with Crippen LogP contribution in [0.5, 0.6) is 0 Å².